The molecular weight excluding hydrogens is 307 g/mol. The summed E-state index contributed by atoms with van der Waals surface area (Å²) in [5, 5.41) is 0.967. The number of benzene rings is 2. The molecule has 0 radical (unpaired) electrons. The van der Waals surface area contributed by atoms with Gasteiger partial charge in [0.25, 0.3) is 5.56 Å². The van der Waals surface area contributed by atoms with Crippen molar-refractivity contribution in [2.24, 2.45) is 0 Å². The maximum Gasteiger partial charge on any atom is 0.274 e. The summed E-state index contributed by atoms with van der Waals surface area (Å²) < 4.78 is 0. The largest absolute Gasteiger partial charge is 0.319 e. The second-order valence-electron chi connectivity index (χ2n) is 4.48. The van der Waals surface area contributed by atoms with Crippen LogP contribution in [0.3, 0.4) is 0 Å². The molecule has 0 spiro atoms. The maximum atomic E-state index is 12.0. The van der Waals surface area contributed by atoms with E-state index in [-0.39, 0.29) is 5.56 Å². The number of aromatic amines is 1. The smallest absolute Gasteiger partial charge is 0.274 e. The Morgan fingerprint density at radius 1 is 1.00 bits per heavy atom. The Morgan fingerprint density at radius 3 is 2.62 bits per heavy atom. The fraction of sp³-hybridized carbons (Fsp3) is 0. The molecule has 1 aromatic heterocycles. The molecule has 3 aromatic rings. The van der Waals surface area contributed by atoms with Crippen molar-refractivity contribution in [1.82, 2.24) is 9.97 Å². The number of aromatic nitrogens is 2. The van der Waals surface area contributed by atoms with Crippen LogP contribution in [-0.4, -0.2) is 9.97 Å². The number of H-pyrrole nitrogens is 1. The first-order valence-corrected chi connectivity index (χ1v) is 7.01. The van der Waals surface area contributed by atoms with E-state index in [1.807, 2.05) is 30.3 Å². The topological polar surface area (TPSA) is 45.8 Å². The number of fused-ring (bicyclic) bond motifs is 1. The second-order valence-corrected chi connectivity index (χ2v) is 5.29. The number of rotatable bonds is 2. The lowest BCUT2D eigenvalue weighted by Gasteiger charge is -1.99. The summed E-state index contributed by atoms with van der Waals surface area (Å²) in [7, 11) is 0. The Bertz CT molecular complexity index is 900. The lowest BCUT2D eigenvalue weighted by molar-refractivity contribution is 1.19. The predicted octanol–water partition coefficient (Wildman–Crippen LogP) is 4.40. The summed E-state index contributed by atoms with van der Waals surface area (Å²) in [6.45, 7) is 0. The van der Waals surface area contributed by atoms with Crippen molar-refractivity contribution in [3.63, 3.8) is 0 Å². The van der Waals surface area contributed by atoms with Crippen molar-refractivity contribution in [3.05, 3.63) is 74.1 Å². The number of nitrogens with zero attached hydrogens (tertiary/aromatic N) is 1. The molecule has 0 aliphatic heterocycles. The predicted molar refractivity (Wildman–Crippen MR) is 87.8 cm³/mol. The highest BCUT2D eigenvalue weighted by Gasteiger charge is 2.01. The highest BCUT2D eigenvalue weighted by atomic mass is 35.5. The van der Waals surface area contributed by atoms with Crippen LogP contribution in [0.25, 0.3) is 23.2 Å². The van der Waals surface area contributed by atoms with Gasteiger partial charge in [0.1, 0.15) is 5.69 Å². The molecule has 3 nitrogen and oxygen atoms in total. The molecule has 104 valence electrons. The van der Waals surface area contributed by atoms with Gasteiger partial charge in [0.05, 0.1) is 21.1 Å². The Balaban J connectivity index is 2.00. The van der Waals surface area contributed by atoms with E-state index in [1.165, 1.54) is 0 Å². The maximum absolute atomic E-state index is 12.0. The van der Waals surface area contributed by atoms with Gasteiger partial charge < -0.3 is 4.98 Å². The van der Waals surface area contributed by atoms with Gasteiger partial charge in [0.2, 0.25) is 0 Å². The Morgan fingerprint density at radius 2 is 1.81 bits per heavy atom. The minimum absolute atomic E-state index is 0.231. The van der Waals surface area contributed by atoms with Crippen molar-refractivity contribution < 1.29 is 0 Å². The Hall–Kier alpha value is -2.10. The first-order valence-electron chi connectivity index (χ1n) is 6.26. The van der Waals surface area contributed by atoms with Crippen LogP contribution in [0.5, 0.6) is 0 Å². The normalized spacial score (nSPS) is 11.3. The molecule has 0 amide bonds. The molecule has 1 N–H and O–H groups in total. The molecule has 0 unspecified atom stereocenters. The minimum Gasteiger partial charge on any atom is -0.319 e. The quantitative estimate of drug-likeness (QED) is 0.761. The van der Waals surface area contributed by atoms with Gasteiger partial charge in [-0.2, -0.15) is 0 Å². The first-order chi connectivity index (χ1) is 10.1. The van der Waals surface area contributed by atoms with Crippen molar-refractivity contribution in [3.8, 4) is 0 Å². The van der Waals surface area contributed by atoms with Crippen LogP contribution >= 0.6 is 23.2 Å². The number of halogens is 2. The molecule has 21 heavy (non-hydrogen) atoms. The van der Waals surface area contributed by atoms with Crippen LogP contribution in [-0.2, 0) is 0 Å². The molecule has 0 saturated carbocycles. The van der Waals surface area contributed by atoms with E-state index in [1.54, 1.807) is 24.3 Å². The minimum atomic E-state index is -0.231. The van der Waals surface area contributed by atoms with Gasteiger partial charge in [-0.25, -0.2) is 4.98 Å². The molecule has 0 saturated heterocycles. The molecule has 0 atom stereocenters. The first kappa shape index (κ1) is 13.9. The molecule has 1 heterocycles. The molecule has 0 aliphatic carbocycles. The molecule has 5 heteroatoms. The van der Waals surface area contributed by atoms with Crippen molar-refractivity contribution in [2.75, 3.05) is 0 Å². The zero-order valence-electron chi connectivity index (χ0n) is 10.8. The number of nitrogens with one attached hydrogen (secondary N) is 1. The molecule has 2 aromatic carbocycles. The van der Waals surface area contributed by atoms with Crippen LogP contribution in [0.4, 0.5) is 0 Å². The van der Waals surface area contributed by atoms with Crippen molar-refractivity contribution in [2.45, 2.75) is 0 Å². The van der Waals surface area contributed by atoms with Gasteiger partial charge in [-0.3, -0.25) is 4.79 Å². The van der Waals surface area contributed by atoms with Gasteiger partial charge in [0, 0.05) is 0 Å². The molecule has 3 rings (SSSR count). The van der Waals surface area contributed by atoms with E-state index in [9.17, 15) is 4.79 Å². The standard InChI is InChI=1S/C16H10Cl2N2O/c17-11-7-5-10(9-12(11)18)6-8-15-16(21)20-14-4-2-1-3-13(14)19-15/h1-9H,(H,20,21)/b8-6+. The van der Waals surface area contributed by atoms with Crippen molar-refractivity contribution >= 4 is 46.4 Å². The third-order valence-electron chi connectivity index (χ3n) is 3.00. The second kappa shape index (κ2) is 5.72. The Labute approximate surface area is 130 Å². The highest BCUT2D eigenvalue weighted by Crippen LogP contribution is 2.23. The van der Waals surface area contributed by atoms with Crippen molar-refractivity contribution in [1.29, 1.82) is 0 Å². The van der Waals surface area contributed by atoms with Crippen LogP contribution < -0.4 is 5.56 Å². The number of para-hydroxylation sites is 2. The summed E-state index contributed by atoms with van der Waals surface area (Å²) in [6, 6.07) is 12.7. The van der Waals surface area contributed by atoms with Gasteiger partial charge >= 0.3 is 0 Å². The zero-order chi connectivity index (χ0) is 14.8. The van der Waals surface area contributed by atoms with Gasteiger partial charge in [0.15, 0.2) is 0 Å². The Kier molecular flexibility index (Phi) is 3.78. The van der Waals surface area contributed by atoms with E-state index in [4.69, 9.17) is 23.2 Å². The molecular formula is C16H10Cl2N2O. The van der Waals surface area contributed by atoms with E-state index >= 15 is 0 Å². The van der Waals surface area contributed by atoms with E-state index in [2.05, 4.69) is 9.97 Å². The van der Waals surface area contributed by atoms with Gasteiger partial charge in [-0.15, -0.1) is 0 Å². The van der Waals surface area contributed by atoms with Crippen LogP contribution in [0.1, 0.15) is 11.3 Å². The fourth-order valence-electron chi connectivity index (χ4n) is 1.95. The number of hydrogen-bond donors (Lipinski definition) is 1. The van der Waals surface area contributed by atoms with E-state index < -0.39 is 0 Å². The van der Waals surface area contributed by atoms with Gasteiger partial charge in [-0.1, -0.05) is 47.5 Å². The van der Waals surface area contributed by atoms with Crippen LogP contribution in [0.2, 0.25) is 10.0 Å². The molecule has 0 bridgehead atoms. The van der Waals surface area contributed by atoms with Gasteiger partial charge in [-0.05, 0) is 35.9 Å². The molecule has 0 fully saturated rings. The summed E-state index contributed by atoms with van der Waals surface area (Å²) in [4.78, 5) is 19.1. The summed E-state index contributed by atoms with van der Waals surface area (Å²) in [5.41, 5.74) is 2.42. The number of hydrogen-bond acceptors (Lipinski definition) is 2. The summed E-state index contributed by atoms with van der Waals surface area (Å²) in [5.74, 6) is 0. The SMILES string of the molecule is O=c1[nH]c2ccccc2nc1/C=C/c1ccc(Cl)c(Cl)c1. The summed E-state index contributed by atoms with van der Waals surface area (Å²) >= 11 is 11.8. The van der Waals surface area contributed by atoms with Crippen LogP contribution in [0, 0.1) is 0 Å². The lowest BCUT2D eigenvalue weighted by Crippen LogP contribution is -2.11. The highest BCUT2D eigenvalue weighted by molar-refractivity contribution is 6.42. The third kappa shape index (κ3) is 2.99. The average molecular weight is 317 g/mol. The lowest BCUT2D eigenvalue weighted by atomic mass is 10.2. The zero-order valence-corrected chi connectivity index (χ0v) is 12.3. The third-order valence-corrected chi connectivity index (χ3v) is 3.74. The van der Waals surface area contributed by atoms with Crippen LogP contribution in [0.15, 0.2) is 47.3 Å². The fourth-order valence-corrected chi connectivity index (χ4v) is 2.25. The van der Waals surface area contributed by atoms with E-state index in [0.717, 1.165) is 11.1 Å². The average Bonchev–Trinajstić information content (AvgIpc) is 2.48. The summed E-state index contributed by atoms with van der Waals surface area (Å²) in [6.07, 6.45) is 3.43. The van der Waals surface area contributed by atoms with E-state index in [0.29, 0.717) is 21.3 Å². The monoisotopic (exact) mass is 316 g/mol. The molecule has 0 aliphatic rings.